The molecule has 1 aliphatic heterocycles. The third kappa shape index (κ3) is 3.80. The lowest BCUT2D eigenvalue weighted by Gasteiger charge is -2.34. The zero-order valence-electron chi connectivity index (χ0n) is 15.6. The van der Waals surface area contributed by atoms with E-state index in [1.165, 1.54) is 13.2 Å². The highest BCUT2D eigenvalue weighted by Crippen LogP contribution is 2.34. The Bertz CT molecular complexity index is 837. The normalized spacial score (nSPS) is 19.6. The van der Waals surface area contributed by atoms with Crippen LogP contribution in [0.2, 0.25) is 0 Å². The molecule has 3 rings (SSSR count). The SMILES string of the molecule is COC(=O)c1cccc(NC(=O)C2(C)CCCN2Cc2ccccc2)c1O. The Balaban J connectivity index is 1.79. The Labute approximate surface area is 158 Å². The van der Waals surface area contributed by atoms with Crippen LogP contribution in [-0.2, 0) is 16.1 Å². The summed E-state index contributed by atoms with van der Waals surface area (Å²) in [7, 11) is 1.24. The maximum atomic E-state index is 13.1. The summed E-state index contributed by atoms with van der Waals surface area (Å²) < 4.78 is 4.66. The van der Waals surface area contributed by atoms with E-state index in [-0.39, 0.29) is 22.9 Å². The fourth-order valence-corrected chi connectivity index (χ4v) is 3.51. The van der Waals surface area contributed by atoms with Crippen molar-refractivity contribution in [2.45, 2.75) is 31.8 Å². The summed E-state index contributed by atoms with van der Waals surface area (Å²) in [6, 6.07) is 14.6. The van der Waals surface area contributed by atoms with Crippen LogP contribution < -0.4 is 5.32 Å². The number of para-hydroxylation sites is 1. The minimum Gasteiger partial charge on any atom is -0.505 e. The predicted molar refractivity (Wildman–Crippen MR) is 103 cm³/mol. The molecule has 1 heterocycles. The van der Waals surface area contributed by atoms with Crippen LogP contribution in [-0.4, -0.2) is 41.1 Å². The quantitative estimate of drug-likeness (QED) is 0.626. The van der Waals surface area contributed by atoms with E-state index in [2.05, 4.69) is 15.0 Å². The number of carbonyl (C=O) groups excluding carboxylic acids is 2. The van der Waals surface area contributed by atoms with Gasteiger partial charge in [-0.05, 0) is 44.0 Å². The maximum absolute atomic E-state index is 13.1. The number of ether oxygens (including phenoxy) is 1. The maximum Gasteiger partial charge on any atom is 0.341 e. The molecule has 27 heavy (non-hydrogen) atoms. The van der Waals surface area contributed by atoms with Gasteiger partial charge in [-0.15, -0.1) is 0 Å². The lowest BCUT2D eigenvalue weighted by atomic mass is 9.96. The van der Waals surface area contributed by atoms with Crippen molar-refractivity contribution in [2.75, 3.05) is 19.0 Å². The highest BCUT2D eigenvalue weighted by Gasteiger charge is 2.43. The van der Waals surface area contributed by atoms with E-state index >= 15 is 0 Å². The minimum atomic E-state index is -0.691. The highest BCUT2D eigenvalue weighted by molar-refractivity contribution is 6.02. The largest absolute Gasteiger partial charge is 0.505 e. The lowest BCUT2D eigenvalue weighted by molar-refractivity contribution is -0.125. The van der Waals surface area contributed by atoms with Crippen molar-refractivity contribution in [3.63, 3.8) is 0 Å². The number of anilines is 1. The van der Waals surface area contributed by atoms with Crippen LogP contribution in [0.1, 0.15) is 35.7 Å². The van der Waals surface area contributed by atoms with E-state index in [0.717, 1.165) is 24.9 Å². The van der Waals surface area contributed by atoms with E-state index < -0.39 is 11.5 Å². The first kappa shape index (κ1) is 18.9. The van der Waals surface area contributed by atoms with Crippen LogP contribution in [0.4, 0.5) is 5.69 Å². The molecule has 2 aromatic rings. The van der Waals surface area contributed by atoms with E-state index in [4.69, 9.17) is 0 Å². The van der Waals surface area contributed by atoms with E-state index in [0.29, 0.717) is 6.54 Å². The molecule has 2 aromatic carbocycles. The molecule has 6 heteroatoms. The van der Waals surface area contributed by atoms with Gasteiger partial charge in [0.15, 0.2) is 5.75 Å². The number of benzene rings is 2. The van der Waals surface area contributed by atoms with Gasteiger partial charge in [-0.25, -0.2) is 4.79 Å². The van der Waals surface area contributed by atoms with Crippen molar-refractivity contribution in [1.82, 2.24) is 4.90 Å². The zero-order chi connectivity index (χ0) is 19.4. The van der Waals surface area contributed by atoms with Crippen molar-refractivity contribution >= 4 is 17.6 Å². The number of methoxy groups -OCH3 is 1. The molecule has 2 N–H and O–H groups in total. The van der Waals surface area contributed by atoms with Gasteiger partial charge < -0.3 is 15.2 Å². The lowest BCUT2D eigenvalue weighted by Crippen LogP contribution is -2.50. The molecule has 142 valence electrons. The second-order valence-corrected chi connectivity index (χ2v) is 6.93. The number of likely N-dealkylation sites (tertiary alicyclic amines) is 1. The standard InChI is InChI=1S/C21H24N2O4/c1-21(12-7-13-23(21)14-15-8-4-3-5-9-15)20(26)22-17-11-6-10-16(18(17)24)19(25)27-2/h3-6,8-11,24H,7,12-14H2,1-2H3,(H,22,26). The molecule has 1 atom stereocenters. The predicted octanol–water partition coefficient (Wildman–Crippen LogP) is 3.17. The summed E-state index contributed by atoms with van der Waals surface area (Å²) in [6.07, 6.45) is 1.65. The van der Waals surface area contributed by atoms with Crippen molar-refractivity contribution < 1.29 is 19.4 Å². The van der Waals surface area contributed by atoms with E-state index in [1.54, 1.807) is 12.1 Å². The Morgan fingerprint density at radius 1 is 1.19 bits per heavy atom. The van der Waals surface area contributed by atoms with Crippen molar-refractivity contribution in [2.24, 2.45) is 0 Å². The summed E-state index contributed by atoms with van der Waals surface area (Å²) in [5.41, 5.74) is 0.682. The molecule has 1 fully saturated rings. The number of carbonyl (C=O) groups is 2. The molecule has 1 saturated heterocycles. The second kappa shape index (κ2) is 7.80. The number of hydrogen-bond donors (Lipinski definition) is 2. The van der Waals surface area contributed by atoms with Crippen molar-refractivity contribution in [3.05, 3.63) is 59.7 Å². The molecule has 0 aliphatic carbocycles. The summed E-state index contributed by atoms with van der Waals surface area (Å²) >= 11 is 0. The Morgan fingerprint density at radius 2 is 1.93 bits per heavy atom. The Kier molecular flexibility index (Phi) is 5.46. The first-order chi connectivity index (χ1) is 13.0. The molecule has 6 nitrogen and oxygen atoms in total. The summed E-state index contributed by atoms with van der Waals surface area (Å²) in [4.78, 5) is 27.0. The summed E-state index contributed by atoms with van der Waals surface area (Å²) in [5, 5.41) is 13.1. The minimum absolute atomic E-state index is 0.0213. The monoisotopic (exact) mass is 368 g/mol. The van der Waals surface area contributed by atoms with Gasteiger partial charge in [-0.2, -0.15) is 0 Å². The van der Waals surface area contributed by atoms with Gasteiger partial charge in [0.1, 0.15) is 5.56 Å². The average Bonchev–Trinajstić information content (AvgIpc) is 3.05. The molecular formula is C21H24N2O4. The Hall–Kier alpha value is -2.86. The molecule has 1 aliphatic rings. The number of phenolic OH excluding ortho intramolecular Hbond substituents is 1. The van der Waals surface area contributed by atoms with Gasteiger partial charge in [0, 0.05) is 6.54 Å². The highest BCUT2D eigenvalue weighted by atomic mass is 16.5. The van der Waals surface area contributed by atoms with Crippen LogP contribution in [0.15, 0.2) is 48.5 Å². The molecular weight excluding hydrogens is 344 g/mol. The van der Waals surface area contributed by atoms with Gasteiger partial charge in [0.2, 0.25) is 5.91 Å². The third-order valence-electron chi connectivity index (χ3n) is 5.18. The number of rotatable bonds is 5. The smallest absolute Gasteiger partial charge is 0.341 e. The van der Waals surface area contributed by atoms with Crippen molar-refractivity contribution in [1.29, 1.82) is 0 Å². The van der Waals surface area contributed by atoms with Gasteiger partial charge in [-0.3, -0.25) is 9.69 Å². The van der Waals surface area contributed by atoms with Crippen LogP contribution >= 0.6 is 0 Å². The van der Waals surface area contributed by atoms with Crippen LogP contribution in [0.3, 0.4) is 0 Å². The number of nitrogens with one attached hydrogen (secondary N) is 1. The average molecular weight is 368 g/mol. The van der Waals surface area contributed by atoms with Gasteiger partial charge >= 0.3 is 5.97 Å². The molecule has 0 saturated carbocycles. The summed E-state index contributed by atoms with van der Waals surface area (Å²) in [6.45, 7) is 3.42. The number of amides is 1. The molecule has 0 aromatic heterocycles. The topological polar surface area (TPSA) is 78.9 Å². The number of nitrogens with zero attached hydrogens (tertiary/aromatic N) is 1. The van der Waals surface area contributed by atoms with E-state index in [1.807, 2.05) is 37.3 Å². The Morgan fingerprint density at radius 3 is 2.63 bits per heavy atom. The summed E-state index contributed by atoms with van der Waals surface area (Å²) in [5.74, 6) is -1.14. The van der Waals surface area contributed by atoms with Gasteiger partial charge in [0.05, 0.1) is 18.3 Å². The van der Waals surface area contributed by atoms with Crippen LogP contribution in [0.5, 0.6) is 5.75 Å². The van der Waals surface area contributed by atoms with Gasteiger partial charge in [0.25, 0.3) is 0 Å². The number of hydrogen-bond acceptors (Lipinski definition) is 5. The first-order valence-electron chi connectivity index (χ1n) is 8.96. The fourth-order valence-electron chi connectivity index (χ4n) is 3.51. The number of aromatic hydroxyl groups is 1. The first-order valence-corrected chi connectivity index (χ1v) is 8.96. The number of esters is 1. The molecule has 0 spiro atoms. The van der Waals surface area contributed by atoms with E-state index in [9.17, 15) is 14.7 Å². The van der Waals surface area contributed by atoms with Crippen LogP contribution in [0.25, 0.3) is 0 Å². The zero-order valence-corrected chi connectivity index (χ0v) is 15.6. The fraction of sp³-hybridized carbons (Fsp3) is 0.333. The second-order valence-electron chi connectivity index (χ2n) is 6.93. The number of phenols is 1. The molecule has 0 bridgehead atoms. The molecule has 1 amide bonds. The molecule has 0 radical (unpaired) electrons. The van der Waals surface area contributed by atoms with Crippen LogP contribution in [0, 0.1) is 0 Å². The van der Waals surface area contributed by atoms with Crippen molar-refractivity contribution in [3.8, 4) is 5.75 Å². The van der Waals surface area contributed by atoms with Gasteiger partial charge in [-0.1, -0.05) is 36.4 Å². The third-order valence-corrected chi connectivity index (χ3v) is 5.18. The molecule has 1 unspecified atom stereocenters.